The fourth-order valence-electron chi connectivity index (χ4n) is 3.00. The molecule has 144 valence electrons. The number of para-hydroxylation sites is 1. The molecule has 3 rings (SSSR count). The monoisotopic (exact) mass is 380 g/mol. The fraction of sp³-hybridized carbons (Fsp3) is 0.190. The SMILES string of the molecule is COc1cc(C)c(C=C2C(=O)NC(=O)N(c3ccccc3C)C2=O)cc1OC. The Bertz CT molecular complexity index is 1010. The number of imide groups is 2. The van der Waals surface area contributed by atoms with Crippen LogP contribution in [0.1, 0.15) is 16.7 Å². The molecule has 0 unspecified atom stereocenters. The topological polar surface area (TPSA) is 84.9 Å². The summed E-state index contributed by atoms with van der Waals surface area (Å²) in [6.07, 6.45) is 1.45. The van der Waals surface area contributed by atoms with Gasteiger partial charge >= 0.3 is 6.03 Å². The van der Waals surface area contributed by atoms with Crippen LogP contribution in [0.25, 0.3) is 6.08 Å². The number of methoxy groups -OCH3 is 2. The lowest BCUT2D eigenvalue weighted by Gasteiger charge is -2.27. The van der Waals surface area contributed by atoms with Crippen molar-refractivity contribution < 1.29 is 23.9 Å². The lowest BCUT2D eigenvalue weighted by Crippen LogP contribution is -2.54. The number of hydrogen-bond acceptors (Lipinski definition) is 5. The molecule has 0 saturated carbocycles. The molecule has 1 N–H and O–H groups in total. The second kappa shape index (κ2) is 7.56. The number of rotatable bonds is 4. The Balaban J connectivity index is 2.09. The van der Waals surface area contributed by atoms with Crippen molar-refractivity contribution in [2.24, 2.45) is 0 Å². The van der Waals surface area contributed by atoms with E-state index in [1.54, 1.807) is 43.3 Å². The first-order valence-electron chi connectivity index (χ1n) is 8.57. The zero-order valence-electron chi connectivity index (χ0n) is 16.0. The molecule has 7 heteroatoms. The maximum absolute atomic E-state index is 13.0. The average Bonchev–Trinajstić information content (AvgIpc) is 2.67. The number of amides is 4. The normalized spacial score (nSPS) is 15.6. The van der Waals surface area contributed by atoms with E-state index in [1.165, 1.54) is 20.3 Å². The fourth-order valence-corrected chi connectivity index (χ4v) is 3.00. The largest absolute Gasteiger partial charge is 0.493 e. The van der Waals surface area contributed by atoms with Crippen LogP contribution in [0, 0.1) is 13.8 Å². The van der Waals surface area contributed by atoms with Gasteiger partial charge in [-0.2, -0.15) is 0 Å². The van der Waals surface area contributed by atoms with Gasteiger partial charge in [-0.05, 0) is 54.8 Å². The van der Waals surface area contributed by atoms with Crippen LogP contribution >= 0.6 is 0 Å². The Hall–Kier alpha value is -3.61. The molecule has 2 aromatic rings. The molecule has 0 radical (unpaired) electrons. The van der Waals surface area contributed by atoms with E-state index in [1.807, 2.05) is 6.92 Å². The van der Waals surface area contributed by atoms with Crippen molar-refractivity contribution >= 4 is 29.6 Å². The maximum atomic E-state index is 13.0. The zero-order valence-corrected chi connectivity index (χ0v) is 16.0. The molecule has 7 nitrogen and oxygen atoms in total. The van der Waals surface area contributed by atoms with Crippen LogP contribution in [-0.2, 0) is 9.59 Å². The van der Waals surface area contributed by atoms with E-state index in [0.29, 0.717) is 22.7 Å². The molecule has 1 fully saturated rings. The van der Waals surface area contributed by atoms with Crippen molar-refractivity contribution in [1.82, 2.24) is 5.32 Å². The predicted octanol–water partition coefficient (Wildman–Crippen LogP) is 2.99. The van der Waals surface area contributed by atoms with E-state index in [-0.39, 0.29) is 5.57 Å². The van der Waals surface area contributed by atoms with Crippen molar-refractivity contribution in [2.45, 2.75) is 13.8 Å². The molecular formula is C21H20N2O5. The highest BCUT2D eigenvalue weighted by Crippen LogP contribution is 2.32. The van der Waals surface area contributed by atoms with Crippen molar-refractivity contribution in [3.63, 3.8) is 0 Å². The van der Waals surface area contributed by atoms with Gasteiger partial charge in [0.15, 0.2) is 11.5 Å². The molecule has 4 amide bonds. The molecule has 0 atom stereocenters. The molecule has 1 heterocycles. The van der Waals surface area contributed by atoms with E-state index in [4.69, 9.17) is 9.47 Å². The van der Waals surface area contributed by atoms with Crippen molar-refractivity contribution in [2.75, 3.05) is 19.1 Å². The Morgan fingerprint density at radius 1 is 0.929 bits per heavy atom. The van der Waals surface area contributed by atoms with Crippen LogP contribution in [0.4, 0.5) is 10.5 Å². The number of anilines is 1. The number of aryl methyl sites for hydroxylation is 2. The molecule has 0 aliphatic carbocycles. The number of barbiturate groups is 1. The van der Waals surface area contributed by atoms with Gasteiger partial charge in [0.05, 0.1) is 19.9 Å². The van der Waals surface area contributed by atoms with Gasteiger partial charge in [-0.3, -0.25) is 14.9 Å². The summed E-state index contributed by atoms with van der Waals surface area (Å²) < 4.78 is 10.6. The van der Waals surface area contributed by atoms with Gasteiger partial charge in [0, 0.05) is 0 Å². The molecule has 0 aromatic heterocycles. The van der Waals surface area contributed by atoms with E-state index in [9.17, 15) is 14.4 Å². The number of carbonyl (C=O) groups excluding carboxylic acids is 3. The first-order valence-corrected chi connectivity index (χ1v) is 8.57. The molecular weight excluding hydrogens is 360 g/mol. The Morgan fingerprint density at radius 2 is 1.57 bits per heavy atom. The number of hydrogen-bond donors (Lipinski definition) is 1. The Labute approximate surface area is 162 Å². The molecule has 28 heavy (non-hydrogen) atoms. The number of nitrogens with zero attached hydrogens (tertiary/aromatic N) is 1. The number of benzene rings is 2. The van der Waals surface area contributed by atoms with Gasteiger partial charge in [-0.15, -0.1) is 0 Å². The van der Waals surface area contributed by atoms with Gasteiger partial charge in [-0.1, -0.05) is 18.2 Å². The minimum Gasteiger partial charge on any atom is -0.493 e. The first kappa shape index (κ1) is 19.2. The van der Waals surface area contributed by atoms with Gasteiger partial charge in [0.25, 0.3) is 11.8 Å². The zero-order chi connectivity index (χ0) is 20.4. The van der Waals surface area contributed by atoms with Gasteiger partial charge in [-0.25, -0.2) is 9.69 Å². The molecule has 1 aliphatic rings. The average molecular weight is 380 g/mol. The third-order valence-electron chi connectivity index (χ3n) is 4.53. The van der Waals surface area contributed by atoms with Gasteiger partial charge in [0.2, 0.25) is 0 Å². The highest BCUT2D eigenvalue weighted by Gasteiger charge is 2.37. The van der Waals surface area contributed by atoms with Crippen LogP contribution in [0.15, 0.2) is 42.0 Å². The smallest absolute Gasteiger partial charge is 0.335 e. The van der Waals surface area contributed by atoms with Crippen LogP contribution in [0.2, 0.25) is 0 Å². The summed E-state index contributed by atoms with van der Waals surface area (Å²) in [5.74, 6) is -0.417. The van der Waals surface area contributed by atoms with Crippen LogP contribution in [0.3, 0.4) is 0 Å². The number of ether oxygens (including phenoxy) is 2. The minimum atomic E-state index is -0.773. The van der Waals surface area contributed by atoms with Crippen molar-refractivity contribution in [3.05, 3.63) is 58.7 Å². The number of nitrogens with one attached hydrogen (secondary N) is 1. The van der Waals surface area contributed by atoms with E-state index < -0.39 is 17.8 Å². The second-order valence-corrected chi connectivity index (χ2v) is 6.31. The number of urea groups is 1. The lowest BCUT2D eigenvalue weighted by molar-refractivity contribution is -0.122. The van der Waals surface area contributed by atoms with Gasteiger partial charge in [0.1, 0.15) is 5.57 Å². The summed E-state index contributed by atoms with van der Waals surface area (Å²) in [4.78, 5) is 38.7. The highest BCUT2D eigenvalue weighted by atomic mass is 16.5. The predicted molar refractivity (Wildman–Crippen MR) is 104 cm³/mol. The summed E-state index contributed by atoms with van der Waals surface area (Å²) in [7, 11) is 3.03. The van der Waals surface area contributed by atoms with Crippen molar-refractivity contribution in [1.29, 1.82) is 0 Å². The third-order valence-corrected chi connectivity index (χ3v) is 4.53. The number of carbonyl (C=O) groups is 3. The maximum Gasteiger partial charge on any atom is 0.335 e. The van der Waals surface area contributed by atoms with Crippen LogP contribution in [0.5, 0.6) is 11.5 Å². The summed E-state index contributed by atoms with van der Waals surface area (Å²) in [6.45, 7) is 3.61. The Kier molecular flexibility index (Phi) is 5.17. The molecule has 1 saturated heterocycles. The summed E-state index contributed by atoms with van der Waals surface area (Å²) >= 11 is 0. The van der Waals surface area contributed by atoms with Crippen LogP contribution in [-0.4, -0.2) is 32.1 Å². The first-order chi connectivity index (χ1) is 13.4. The quantitative estimate of drug-likeness (QED) is 0.651. The standard InChI is InChI=1S/C21H20N2O5/c1-12-7-5-6-8-16(12)23-20(25)15(19(24)22-21(23)26)10-14-11-18(28-4)17(27-3)9-13(14)2/h5-11H,1-4H3,(H,22,24,26). The third kappa shape index (κ3) is 3.34. The lowest BCUT2D eigenvalue weighted by atomic mass is 10.0. The van der Waals surface area contributed by atoms with E-state index >= 15 is 0 Å². The Morgan fingerprint density at radius 3 is 2.21 bits per heavy atom. The van der Waals surface area contributed by atoms with E-state index in [2.05, 4.69) is 5.32 Å². The second-order valence-electron chi connectivity index (χ2n) is 6.31. The summed E-state index contributed by atoms with van der Waals surface area (Å²) in [5, 5.41) is 2.23. The van der Waals surface area contributed by atoms with Crippen LogP contribution < -0.4 is 19.7 Å². The highest BCUT2D eigenvalue weighted by molar-refractivity contribution is 6.39. The van der Waals surface area contributed by atoms with Gasteiger partial charge < -0.3 is 9.47 Å². The molecule has 2 aromatic carbocycles. The van der Waals surface area contributed by atoms with Crippen molar-refractivity contribution in [3.8, 4) is 11.5 Å². The van der Waals surface area contributed by atoms with E-state index in [0.717, 1.165) is 16.0 Å². The minimum absolute atomic E-state index is 0.141. The molecule has 0 bridgehead atoms. The molecule has 1 aliphatic heterocycles. The summed E-state index contributed by atoms with van der Waals surface area (Å²) in [5.41, 5.74) is 2.41. The molecule has 0 spiro atoms. The summed E-state index contributed by atoms with van der Waals surface area (Å²) in [6, 6.07) is 9.62.